The Kier molecular flexibility index (Phi) is 6.79. The predicted octanol–water partition coefficient (Wildman–Crippen LogP) is 0.221. The van der Waals surface area contributed by atoms with Crippen LogP contribution in [-0.4, -0.2) is 53.8 Å². The molecule has 5 N–H and O–H groups in total. The quantitative estimate of drug-likeness (QED) is 0.579. The molecule has 0 rings (SSSR count). The van der Waals surface area contributed by atoms with Crippen LogP contribution in [0.25, 0.3) is 0 Å². The first kappa shape index (κ1) is 17.7. The number of rotatable bonds is 6. The summed E-state index contributed by atoms with van der Waals surface area (Å²) >= 11 is 0. The molecule has 0 aliphatic rings. The van der Waals surface area contributed by atoms with Crippen molar-refractivity contribution in [1.29, 1.82) is 0 Å². The molecular formula is C8H20N2O5S. The van der Waals surface area contributed by atoms with Crippen LogP contribution in [0.1, 0.15) is 20.3 Å². The van der Waals surface area contributed by atoms with Gasteiger partial charge in [-0.3, -0.25) is 14.2 Å². The van der Waals surface area contributed by atoms with Crippen molar-refractivity contribution in [1.82, 2.24) is 11.1 Å². The van der Waals surface area contributed by atoms with Gasteiger partial charge in [-0.25, -0.2) is 0 Å². The maximum atomic E-state index is 10.8. The Morgan fingerprint density at radius 3 is 2.12 bits per heavy atom. The van der Waals surface area contributed by atoms with Crippen LogP contribution in [0.3, 0.4) is 0 Å². The molecule has 0 heterocycles. The van der Waals surface area contributed by atoms with Crippen molar-refractivity contribution in [2.45, 2.75) is 25.8 Å². The first-order chi connectivity index (χ1) is 6.57. The van der Waals surface area contributed by atoms with Crippen LogP contribution in [-0.2, 0) is 14.9 Å². The smallest absolute Gasteiger partial charge is 0.323 e. The van der Waals surface area contributed by atoms with E-state index in [9.17, 15) is 13.2 Å². The van der Waals surface area contributed by atoms with Gasteiger partial charge in [0.25, 0.3) is 10.1 Å². The van der Waals surface area contributed by atoms with Gasteiger partial charge in [-0.15, -0.1) is 0 Å². The molecule has 0 amide bonds. The molecule has 0 bridgehead atoms. The highest BCUT2D eigenvalue weighted by Gasteiger charge is 2.31. The van der Waals surface area contributed by atoms with E-state index in [4.69, 9.17) is 9.66 Å². The SMILES string of the molecule is CN(CCCS(=O)(=O)O)C(C)(C)C(=O)O.N. The fourth-order valence-electron chi connectivity index (χ4n) is 0.927. The molecule has 0 atom stereocenters. The third-order valence-electron chi connectivity index (χ3n) is 2.37. The fraction of sp³-hybridized carbons (Fsp3) is 0.875. The lowest BCUT2D eigenvalue weighted by atomic mass is 10.0. The van der Waals surface area contributed by atoms with Crippen molar-refractivity contribution in [3.05, 3.63) is 0 Å². The molecular weight excluding hydrogens is 236 g/mol. The Morgan fingerprint density at radius 1 is 1.38 bits per heavy atom. The lowest BCUT2D eigenvalue weighted by molar-refractivity contribution is -0.148. The van der Waals surface area contributed by atoms with Crippen LogP contribution in [0.15, 0.2) is 0 Å². The van der Waals surface area contributed by atoms with Gasteiger partial charge in [-0.2, -0.15) is 8.42 Å². The number of likely N-dealkylation sites (N-methyl/N-ethyl adjacent to an activating group) is 1. The summed E-state index contributed by atoms with van der Waals surface area (Å²) in [4.78, 5) is 12.3. The summed E-state index contributed by atoms with van der Waals surface area (Å²) in [6.07, 6.45) is 0.200. The van der Waals surface area contributed by atoms with Gasteiger partial charge in [0.1, 0.15) is 5.54 Å². The monoisotopic (exact) mass is 256 g/mol. The number of hydrogen-bond donors (Lipinski definition) is 3. The van der Waals surface area contributed by atoms with E-state index in [1.165, 1.54) is 18.7 Å². The molecule has 0 aromatic rings. The van der Waals surface area contributed by atoms with E-state index in [0.717, 1.165) is 0 Å². The van der Waals surface area contributed by atoms with Gasteiger partial charge in [0.15, 0.2) is 0 Å². The average molecular weight is 256 g/mol. The second-order valence-corrected chi connectivity index (χ2v) is 5.50. The second-order valence-electron chi connectivity index (χ2n) is 3.93. The van der Waals surface area contributed by atoms with Gasteiger partial charge >= 0.3 is 5.97 Å². The standard InChI is InChI=1S/C8H17NO5S.H3N/c1-8(2,7(10)11)9(3)5-4-6-15(12,13)14;/h4-6H2,1-3H3,(H,10,11)(H,12,13,14);1H3. The van der Waals surface area contributed by atoms with E-state index in [1.807, 2.05) is 0 Å². The normalized spacial score (nSPS) is 12.3. The molecule has 98 valence electrons. The topological polar surface area (TPSA) is 130 Å². The van der Waals surface area contributed by atoms with Crippen molar-refractivity contribution < 1.29 is 22.9 Å². The summed E-state index contributed by atoms with van der Waals surface area (Å²) in [5.74, 6) is -1.33. The molecule has 0 aromatic carbocycles. The summed E-state index contributed by atoms with van der Waals surface area (Å²) in [7, 11) is -2.36. The lowest BCUT2D eigenvalue weighted by Crippen LogP contribution is -2.48. The molecule has 0 saturated carbocycles. The highest BCUT2D eigenvalue weighted by atomic mass is 32.2. The third-order valence-corrected chi connectivity index (χ3v) is 3.18. The van der Waals surface area contributed by atoms with Crippen molar-refractivity contribution in [3.8, 4) is 0 Å². The second kappa shape index (κ2) is 6.14. The minimum atomic E-state index is -3.96. The Morgan fingerprint density at radius 2 is 1.81 bits per heavy atom. The summed E-state index contributed by atoms with van der Waals surface area (Å²) in [6.45, 7) is 3.35. The molecule has 8 heteroatoms. The number of nitrogens with zero attached hydrogens (tertiary/aromatic N) is 1. The van der Waals surface area contributed by atoms with Crippen LogP contribution in [0, 0.1) is 0 Å². The van der Waals surface area contributed by atoms with Crippen LogP contribution in [0.4, 0.5) is 0 Å². The van der Waals surface area contributed by atoms with Crippen LogP contribution < -0.4 is 6.15 Å². The molecule has 0 saturated heterocycles. The Bertz CT molecular complexity index is 325. The maximum Gasteiger partial charge on any atom is 0.323 e. The van der Waals surface area contributed by atoms with E-state index in [1.54, 1.807) is 7.05 Å². The van der Waals surface area contributed by atoms with Crippen molar-refractivity contribution >= 4 is 16.1 Å². The number of hydrogen-bond acceptors (Lipinski definition) is 5. The Hall–Kier alpha value is -0.700. The number of aliphatic carboxylic acids is 1. The molecule has 0 unspecified atom stereocenters. The molecule has 0 aliphatic carbocycles. The van der Waals surface area contributed by atoms with Crippen LogP contribution >= 0.6 is 0 Å². The molecule has 0 spiro atoms. The van der Waals surface area contributed by atoms with E-state index < -0.39 is 21.6 Å². The number of carboxylic acid groups (broad SMARTS) is 1. The molecule has 0 fully saturated rings. The van der Waals surface area contributed by atoms with Gasteiger partial charge < -0.3 is 11.3 Å². The van der Waals surface area contributed by atoms with Crippen molar-refractivity contribution in [2.24, 2.45) is 0 Å². The molecule has 0 radical (unpaired) electrons. The first-order valence-corrected chi connectivity index (χ1v) is 6.08. The van der Waals surface area contributed by atoms with E-state index in [-0.39, 0.29) is 18.3 Å². The molecule has 7 nitrogen and oxygen atoms in total. The highest BCUT2D eigenvalue weighted by molar-refractivity contribution is 7.85. The van der Waals surface area contributed by atoms with Gasteiger partial charge in [-0.05, 0) is 33.9 Å². The van der Waals surface area contributed by atoms with Crippen LogP contribution in [0.2, 0.25) is 0 Å². The zero-order valence-electron chi connectivity index (χ0n) is 9.80. The van der Waals surface area contributed by atoms with E-state index >= 15 is 0 Å². The average Bonchev–Trinajstić information content (AvgIpc) is 2.01. The largest absolute Gasteiger partial charge is 0.480 e. The molecule has 16 heavy (non-hydrogen) atoms. The van der Waals surface area contributed by atoms with Crippen molar-refractivity contribution in [2.75, 3.05) is 19.3 Å². The van der Waals surface area contributed by atoms with Gasteiger partial charge in [-0.1, -0.05) is 0 Å². The summed E-state index contributed by atoms with van der Waals surface area (Å²) in [5.41, 5.74) is -1.04. The number of carbonyl (C=O) groups is 1. The number of carboxylic acids is 1. The Labute approximate surface area is 95.8 Å². The first-order valence-electron chi connectivity index (χ1n) is 4.47. The van der Waals surface area contributed by atoms with E-state index in [0.29, 0.717) is 6.54 Å². The molecule has 0 aliphatic heterocycles. The molecule has 0 aromatic heterocycles. The van der Waals surface area contributed by atoms with Crippen molar-refractivity contribution in [3.63, 3.8) is 0 Å². The van der Waals surface area contributed by atoms with E-state index in [2.05, 4.69) is 0 Å². The summed E-state index contributed by atoms with van der Waals surface area (Å²) in [5, 5.41) is 8.86. The minimum Gasteiger partial charge on any atom is -0.480 e. The zero-order chi connectivity index (χ0) is 12.3. The summed E-state index contributed by atoms with van der Waals surface area (Å²) < 4.78 is 29.3. The highest BCUT2D eigenvalue weighted by Crippen LogP contribution is 2.12. The zero-order valence-corrected chi connectivity index (χ0v) is 10.6. The van der Waals surface area contributed by atoms with Gasteiger partial charge in [0.05, 0.1) is 5.75 Å². The predicted molar refractivity (Wildman–Crippen MR) is 60.4 cm³/mol. The third kappa shape index (κ3) is 6.01. The fourth-order valence-corrected chi connectivity index (χ4v) is 1.42. The van der Waals surface area contributed by atoms with Crippen LogP contribution in [0.5, 0.6) is 0 Å². The Balaban J connectivity index is 0. The van der Waals surface area contributed by atoms with Gasteiger partial charge in [0, 0.05) is 0 Å². The van der Waals surface area contributed by atoms with Gasteiger partial charge in [0.2, 0.25) is 0 Å². The minimum absolute atomic E-state index is 0. The maximum absolute atomic E-state index is 10.8. The lowest BCUT2D eigenvalue weighted by Gasteiger charge is -2.31. The summed E-state index contributed by atoms with van der Waals surface area (Å²) in [6, 6.07) is 0.